The minimum Gasteiger partial charge on any atom is -0.274 e. The van der Waals surface area contributed by atoms with Crippen LogP contribution >= 0.6 is 15.9 Å². The Bertz CT molecular complexity index is 687. The zero-order chi connectivity index (χ0) is 14.4. The summed E-state index contributed by atoms with van der Waals surface area (Å²) in [6.07, 6.45) is 6.76. The molecule has 1 aliphatic heterocycles. The first-order valence-corrected chi connectivity index (χ1v) is 8.25. The molecule has 2 saturated carbocycles. The van der Waals surface area contributed by atoms with Crippen LogP contribution in [-0.4, -0.2) is 11.8 Å². The van der Waals surface area contributed by atoms with Crippen molar-refractivity contribution >= 4 is 33.4 Å². The molecule has 4 atom stereocenters. The average molecular weight is 344 g/mol. The number of amides is 2. The first-order valence-electron chi connectivity index (χ1n) is 7.46. The molecule has 3 fully saturated rings. The second-order valence-electron chi connectivity index (χ2n) is 6.68. The van der Waals surface area contributed by atoms with Crippen molar-refractivity contribution < 1.29 is 9.59 Å². The fourth-order valence-electron chi connectivity index (χ4n) is 4.95. The molecule has 4 heteroatoms. The van der Waals surface area contributed by atoms with E-state index in [1.165, 1.54) is 17.7 Å². The lowest BCUT2D eigenvalue weighted by molar-refractivity contribution is -0.123. The maximum Gasteiger partial charge on any atom is 0.238 e. The van der Waals surface area contributed by atoms with Crippen LogP contribution in [0.1, 0.15) is 12.8 Å². The van der Waals surface area contributed by atoms with E-state index in [9.17, 15) is 9.59 Å². The number of para-hydroxylation sites is 1. The lowest BCUT2D eigenvalue weighted by atomic mass is 9.85. The molecule has 1 aromatic rings. The Labute approximate surface area is 131 Å². The van der Waals surface area contributed by atoms with Crippen molar-refractivity contribution in [2.24, 2.45) is 29.1 Å². The van der Waals surface area contributed by atoms with E-state index in [0.717, 1.165) is 4.47 Å². The van der Waals surface area contributed by atoms with Gasteiger partial charge in [-0.05, 0) is 58.2 Å². The summed E-state index contributed by atoms with van der Waals surface area (Å²) >= 11 is 3.46. The van der Waals surface area contributed by atoms with E-state index in [0.29, 0.717) is 5.69 Å². The summed E-state index contributed by atoms with van der Waals surface area (Å²) in [7, 11) is 0. The molecule has 2 amide bonds. The zero-order valence-corrected chi connectivity index (χ0v) is 12.9. The van der Waals surface area contributed by atoms with E-state index in [1.54, 1.807) is 0 Å². The summed E-state index contributed by atoms with van der Waals surface area (Å²) < 4.78 is 0.799. The first-order chi connectivity index (χ1) is 10.1. The molecule has 21 heavy (non-hydrogen) atoms. The van der Waals surface area contributed by atoms with E-state index >= 15 is 0 Å². The van der Waals surface area contributed by atoms with Crippen LogP contribution < -0.4 is 4.90 Å². The highest BCUT2D eigenvalue weighted by Gasteiger charge is 2.73. The van der Waals surface area contributed by atoms with Gasteiger partial charge in [0.05, 0.1) is 17.5 Å². The van der Waals surface area contributed by atoms with E-state index in [-0.39, 0.29) is 40.9 Å². The van der Waals surface area contributed by atoms with Gasteiger partial charge in [0.15, 0.2) is 0 Å². The zero-order valence-electron chi connectivity index (χ0n) is 11.3. The molecule has 1 aromatic carbocycles. The number of hydrogen-bond donors (Lipinski definition) is 0. The molecule has 0 N–H and O–H groups in total. The van der Waals surface area contributed by atoms with Gasteiger partial charge in [0.1, 0.15) is 0 Å². The maximum atomic E-state index is 12.9. The third-order valence-electron chi connectivity index (χ3n) is 5.95. The average Bonchev–Trinajstić information content (AvgIpc) is 3.07. The van der Waals surface area contributed by atoms with Gasteiger partial charge in [0, 0.05) is 4.47 Å². The van der Waals surface area contributed by atoms with Crippen molar-refractivity contribution in [3.8, 4) is 0 Å². The van der Waals surface area contributed by atoms with E-state index in [2.05, 4.69) is 28.1 Å². The van der Waals surface area contributed by atoms with Crippen LogP contribution in [0.25, 0.3) is 0 Å². The SMILES string of the molecule is O=C1[C@H]2[C@H](C(=O)N1c1ccccc1Br)[C@H]1C=C[C@H]2C12CC2. The number of rotatable bonds is 1. The Balaban J connectivity index is 1.61. The lowest BCUT2D eigenvalue weighted by Gasteiger charge is -2.22. The van der Waals surface area contributed by atoms with Crippen molar-refractivity contribution in [1.82, 2.24) is 0 Å². The normalized spacial score (nSPS) is 37.7. The predicted molar refractivity (Wildman–Crippen MR) is 81.4 cm³/mol. The molecule has 0 radical (unpaired) electrons. The van der Waals surface area contributed by atoms with Crippen LogP contribution in [0.4, 0.5) is 5.69 Å². The number of fused-ring (bicyclic) bond motifs is 3. The van der Waals surface area contributed by atoms with Gasteiger partial charge in [0.25, 0.3) is 0 Å². The Morgan fingerprint density at radius 2 is 1.57 bits per heavy atom. The Morgan fingerprint density at radius 1 is 1.00 bits per heavy atom. The number of halogens is 1. The number of nitrogens with zero attached hydrogens (tertiary/aromatic N) is 1. The molecular weight excluding hydrogens is 330 g/mol. The van der Waals surface area contributed by atoms with Crippen LogP contribution in [0.15, 0.2) is 40.9 Å². The van der Waals surface area contributed by atoms with Crippen molar-refractivity contribution in [3.63, 3.8) is 0 Å². The van der Waals surface area contributed by atoms with Crippen LogP contribution in [0.2, 0.25) is 0 Å². The summed E-state index contributed by atoms with van der Waals surface area (Å²) in [5.74, 6) is 0.331. The molecule has 2 bridgehead atoms. The maximum absolute atomic E-state index is 12.9. The summed E-state index contributed by atoms with van der Waals surface area (Å²) in [6, 6.07) is 7.47. The van der Waals surface area contributed by atoms with E-state index in [1.807, 2.05) is 24.3 Å². The summed E-state index contributed by atoms with van der Waals surface area (Å²) in [5.41, 5.74) is 0.951. The third-order valence-corrected chi connectivity index (χ3v) is 6.62. The van der Waals surface area contributed by atoms with Gasteiger partial charge in [-0.3, -0.25) is 9.59 Å². The molecule has 0 aromatic heterocycles. The van der Waals surface area contributed by atoms with Gasteiger partial charge in [-0.25, -0.2) is 4.90 Å². The van der Waals surface area contributed by atoms with Gasteiger partial charge in [0.2, 0.25) is 11.8 Å². The topological polar surface area (TPSA) is 37.4 Å². The monoisotopic (exact) mass is 343 g/mol. The predicted octanol–water partition coefficient (Wildman–Crippen LogP) is 3.15. The largest absolute Gasteiger partial charge is 0.274 e. The lowest BCUT2D eigenvalue weighted by Crippen LogP contribution is -2.34. The highest BCUT2D eigenvalue weighted by molar-refractivity contribution is 9.10. The number of hydrogen-bond acceptors (Lipinski definition) is 2. The molecule has 1 saturated heterocycles. The van der Waals surface area contributed by atoms with Crippen molar-refractivity contribution in [1.29, 1.82) is 0 Å². The molecule has 106 valence electrons. The van der Waals surface area contributed by atoms with Crippen LogP contribution in [0, 0.1) is 29.1 Å². The van der Waals surface area contributed by atoms with Gasteiger partial charge in [-0.1, -0.05) is 24.3 Å². The third kappa shape index (κ3) is 1.26. The van der Waals surface area contributed by atoms with Crippen LogP contribution in [0.3, 0.4) is 0 Å². The van der Waals surface area contributed by atoms with Crippen molar-refractivity contribution in [2.75, 3.05) is 4.90 Å². The van der Waals surface area contributed by atoms with Crippen molar-refractivity contribution in [3.05, 3.63) is 40.9 Å². The van der Waals surface area contributed by atoms with E-state index < -0.39 is 0 Å². The van der Waals surface area contributed by atoms with E-state index in [4.69, 9.17) is 0 Å². The minimum atomic E-state index is -0.123. The number of imide groups is 1. The summed E-state index contributed by atoms with van der Waals surface area (Å²) in [6.45, 7) is 0. The van der Waals surface area contributed by atoms with Gasteiger partial charge in [-0.2, -0.15) is 0 Å². The molecule has 5 rings (SSSR count). The molecule has 1 heterocycles. The van der Waals surface area contributed by atoms with Crippen LogP contribution in [0.5, 0.6) is 0 Å². The molecule has 1 spiro atoms. The Morgan fingerprint density at radius 3 is 2.10 bits per heavy atom. The van der Waals surface area contributed by atoms with Gasteiger partial charge >= 0.3 is 0 Å². The smallest absolute Gasteiger partial charge is 0.238 e. The quantitative estimate of drug-likeness (QED) is 0.580. The first kappa shape index (κ1) is 12.2. The van der Waals surface area contributed by atoms with Crippen molar-refractivity contribution in [2.45, 2.75) is 12.8 Å². The second-order valence-corrected chi connectivity index (χ2v) is 7.54. The molecule has 3 nitrogen and oxygen atoms in total. The summed E-state index contributed by atoms with van der Waals surface area (Å²) in [4.78, 5) is 27.2. The molecular formula is C17H14BrNO2. The minimum absolute atomic E-state index is 0.0000231. The highest BCUT2D eigenvalue weighted by atomic mass is 79.9. The fraction of sp³-hybridized carbons (Fsp3) is 0.412. The summed E-state index contributed by atoms with van der Waals surface area (Å²) in [5, 5.41) is 0. The second kappa shape index (κ2) is 3.67. The Hall–Kier alpha value is -1.42. The standard InChI is InChI=1S/C17H14BrNO2/c18-11-3-1-2-4-12(11)19-15(20)13-9-5-6-10(14(13)16(19)21)17(9)7-8-17/h1-6,9-10,13-14H,7-8H2/t9-,10-,13-,14-/m1/s1. The number of anilines is 1. The molecule has 3 aliphatic carbocycles. The molecule has 0 unspecified atom stereocenters. The number of allylic oxidation sites excluding steroid dienone is 2. The van der Waals surface area contributed by atoms with Crippen LogP contribution in [-0.2, 0) is 9.59 Å². The number of benzene rings is 1. The Kier molecular flexibility index (Phi) is 2.12. The van der Waals surface area contributed by atoms with Gasteiger partial charge in [-0.15, -0.1) is 0 Å². The highest BCUT2D eigenvalue weighted by Crippen LogP contribution is 2.73. The number of carbonyl (C=O) groups is 2. The molecule has 4 aliphatic rings. The number of carbonyl (C=O) groups excluding carboxylic acids is 2. The fourth-order valence-corrected chi connectivity index (χ4v) is 5.41. The van der Waals surface area contributed by atoms with Gasteiger partial charge < -0.3 is 0 Å².